The summed E-state index contributed by atoms with van der Waals surface area (Å²) >= 11 is 0. The summed E-state index contributed by atoms with van der Waals surface area (Å²) in [5, 5.41) is 10.4. The molecular formula is C16H25NO. The van der Waals surface area contributed by atoms with Crippen molar-refractivity contribution in [3.05, 3.63) is 35.9 Å². The summed E-state index contributed by atoms with van der Waals surface area (Å²) in [5.41, 5.74) is 0.857. The molecule has 100 valence electrons. The average molecular weight is 247 g/mol. The van der Waals surface area contributed by atoms with E-state index in [2.05, 4.69) is 49.1 Å². The molecule has 0 aromatic heterocycles. The maximum Gasteiger partial charge on any atom is 0.0768 e. The van der Waals surface area contributed by atoms with Crippen molar-refractivity contribution in [1.82, 2.24) is 4.90 Å². The van der Waals surface area contributed by atoms with E-state index in [1.54, 1.807) is 0 Å². The van der Waals surface area contributed by atoms with Gasteiger partial charge < -0.3 is 5.11 Å². The third-order valence-corrected chi connectivity index (χ3v) is 4.33. The van der Waals surface area contributed by atoms with Gasteiger partial charge in [-0.15, -0.1) is 0 Å². The highest BCUT2D eigenvalue weighted by Gasteiger charge is 2.31. The molecular weight excluding hydrogens is 222 g/mol. The zero-order chi connectivity index (χ0) is 13.2. The Morgan fingerprint density at radius 1 is 1.33 bits per heavy atom. The number of nitrogens with zero attached hydrogens (tertiary/aromatic N) is 1. The molecule has 1 aliphatic heterocycles. The minimum atomic E-state index is -0.578. The molecule has 0 aliphatic carbocycles. The molecule has 18 heavy (non-hydrogen) atoms. The van der Waals surface area contributed by atoms with E-state index in [4.69, 9.17) is 0 Å². The largest absolute Gasteiger partial charge is 0.389 e. The maximum atomic E-state index is 10.4. The van der Waals surface area contributed by atoms with Gasteiger partial charge in [0.1, 0.15) is 0 Å². The molecule has 2 atom stereocenters. The van der Waals surface area contributed by atoms with E-state index < -0.39 is 5.60 Å². The number of likely N-dealkylation sites (tertiary alicyclic amines) is 1. The molecule has 1 saturated heterocycles. The second kappa shape index (κ2) is 5.41. The molecule has 0 spiro atoms. The highest BCUT2D eigenvalue weighted by molar-refractivity contribution is 5.21. The van der Waals surface area contributed by atoms with Gasteiger partial charge in [0, 0.05) is 13.1 Å². The highest BCUT2D eigenvalue weighted by atomic mass is 16.3. The first-order valence-electron chi connectivity index (χ1n) is 6.99. The number of benzene rings is 1. The van der Waals surface area contributed by atoms with E-state index in [1.807, 2.05) is 6.92 Å². The molecule has 1 heterocycles. The van der Waals surface area contributed by atoms with E-state index in [-0.39, 0.29) is 0 Å². The summed E-state index contributed by atoms with van der Waals surface area (Å²) in [6.07, 6.45) is 1.21. The molecule has 2 unspecified atom stereocenters. The maximum absolute atomic E-state index is 10.4. The van der Waals surface area contributed by atoms with Gasteiger partial charge in [-0.2, -0.15) is 0 Å². The Morgan fingerprint density at radius 2 is 2.00 bits per heavy atom. The van der Waals surface area contributed by atoms with E-state index in [0.717, 1.165) is 19.6 Å². The quantitative estimate of drug-likeness (QED) is 0.884. The van der Waals surface area contributed by atoms with E-state index in [0.29, 0.717) is 11.8 Å². The van der Waals surface area contributed by atoms with E-state index >= 15 is 0 Å². The number of rotatable bonds is 4. The molecule has 0 amide bonds. The molecule has 2 nitrogen and oxygen atoms in total. The first-order chi connectivity index (χ1) is 8.49. The zero-order valence-corrected chi connectivity index (χ0v) is 11.8. The van der Waals surface area contributed by atoms with Crippen LogP contribution in [0.25, 0.3) is 0 Å². The smallest absolute Gasteiger partial charge is 0.0768 e. The first kappa shape index (κ1) is 13.6. The fourth-order valence-corrected chi connectivity index (χ4v) is 2.61. The van der Waals surface area contributed by atoms with Crippen LogP contribution in [0, 0.1) is 5.92 Å². The highest BCUT2D eigenvalue weighted by Crippen LogP contribution is 2.29. The van der Waals surface area contributed by atoms with Crippen LogP contribution in [0.15, 0.2) is 30.3 Å². The first-order valence-corrected chi connectivity index (χ1v) is 6.99. The lowest BCUT2D eigenvalue weighted by atomic mass is 9.92. The molecule has 1 N–H and O–H groups in total. The fourth-order valence-electron chi connectivity index (χ4n) is 2.61. The Balaban J connectivity index is 1.93. The van der Waals surface area contributed by atoms with Crippen LogP contribution in [0.5, 0.6) is 0 Å². The van der Waals surface area contributed by atoms with Crippen molar-refractivity contribution < 1.29 is 5.11 Å². The predicted octanol–water partition coefficient (Wildman–Crippen LogP) is 2.88. The normalized spacial score (nSPS) is 24.4. The molecule has 1 aromatic rings. The average Bonchev–Trinajstić information content (AvgIpc) is 2.78. The summed E-state index contributed by atoms with van der Waals surface area (Å²) in [6, 6.07) is 10.7. The van der Waals surface area contributed by atoms with Crippen molar-refractivity contribution >= 4 is 0 Å². The molecule has 2 rings (SSSR count). The molecule has 1 aromatic carbocycles. The summed E-state index contributed by atoms with van der Waals surface area (Å²) < 4.78 is 0. The molecule has 1 aliphatic rings. The molecule has 1 fully saturated rings. The van der Waals surface area contributed by atoms with Crippen LogP contribution < -0.4 is 0 Å². The lowest BCUT2D eigenvalue weighted by Crippen LogP contribution is -2.43. The lowest BCUT2D eigenvalue weighted by Gasteiger charge is -2.32. The SMILES string of the molecule is CC(C)C(C)(O)CN1CCC(c2ccccc2)C1. The second-order valence-electron chi connectivity index (χ2n) is 6.14. The lowest BCUT2D eigenvalue weighted by molar-refractivity contribution is -0.0138. The van der Waals surface area contributed by atoms with Crippen LogP contribution >= 0.6 is 0 Å². The second-order valence-corrected chi connectivity index (χ2v) is 6.14. The predicted molar refractivity (Wildman–Crippen MR) is 75.7 cm³/mol. The van der Waals surface area contributed by atoms with Gasteiger partial charge in [-0.05, 0) is 37.3 Å². The molecule has 2 heteroatoms. The molecule has 0 radical (unpaired) electrons. The van der Waals surface area contributed by atoms with Gasteiger partial charge in [0.2, 0.25) is 0 Å². The number of aliphatic hydroxyl groups is 1. The number of hydrogen-bond donors (Lipinski definition) is 1. The van der Waals surface area contributed by atoms with Crippen molar-refractivity contribution in [1.29, 1.82) is 0 Å². The summed E-state index contributed by atoms with van der Waals surface area (Å²) in [4.78, 5) is 2.40. The van der Waals surface area contributed by atoms with Gasteiger partial charge in [-0.1, -0.05) is 44.2 Å². The van der Waals surface area contributed by atoms with E-state index in [9.17, 15) is 5.11 Å². The Labute approximate surface area is 111 Å². The van der Waals surface area contributed by atoms with Gasteiger partial charge in [-0.25, -0.2) is 0 Å². The summed E-state index contributed by atoms with van der Waals surface area (Å²) in [7, 11) is 0. The number of hydrogen-bond acceptors (Lipinski definition) is 2. The summed E-state index contributed by atoms with van der Waals surface area (Å²) in [5.74, 6) is 0.933. The monoisotopic (exact) mass is 247 g/mol. The van der Waals surface area contributed by atoms with Gasteiger partial charge >= 0.3 is 0 Å². The molecule has 0 saturated carbocycles. The van der Waals surface area contributed by atoms with Crippen molar-refractivity contribution in [2.75, 3.05) is 19.6 Å². The van der Waals surface area contributed by atoms with Crippen molar-refractivity contribution in [3.8, 4) is 0 Å². The van der Waals surface area contributed by atoms with Gasteiger partial charge in [0.15, 0.2) is 0 Å². The van der Waals surface area contributed by atoms with E-state index in [1.165, 1.54) is 12.0 Å². The van der Waals surface area contributed by atoms with Crippen LogP contribution in [-0.2, 0) is 0 Å². The minimum Gasteiger partial charge on any atom is -0.389 e. The van der Waals surface area contributed by atoms with Gasteiger partial charge in [0.05, 0.1) is 5.60 Å². The zero-order valence-electron chi connectivity index (χ0n) is 11.8. The molecule has 0 bridgehead atoms. The Morgan fingerprint density at radius 3 is 2.61 bits per heavy atom. The Bertz CT molecular complexity index is 372. The van der Waals surface area contributed by atoms with Crippen LogP contribution in [0.3, 0.4) is 0 Å². The standard InChI is InChI=1S/C16H25NO/c1-13(2)16(3,18)12-17-10-9-15(11-17)14-7-5-4-6-8-14/h4-8,13,15,18H,9-12H2,1-3H3. The third-order valence-electron chi connectivity index (χ3n) is 4.33. The van der Waals surface area contributed by atoms with Crippen LogP contribution in [0.1, 0.15) is 38.7 Å². The third kappa shape index (κ3) is 3.12. The van der Waals surface area contributed by atoms with Crippen molar-refractivity contribution in [3.63, 3.8) is 0 Å². The minimum absolute atomic E-state index is 0.299. The topological polar surface area (TPSA) is 23.5 Å². The summed E-state index contributed by atoms with van der Waals surface area (Å²) in [6.45, 7) is 9.09. The Kier molecular flexibility index (Phi) is 4.08. The van der Waals surface area contributed by atoms with Crippen molar-refractivity contribution in [2.24, 2.45) is 5.92 Å². The number of β-amino-alcohol motifs (C(OH)–C–C–N with tert-alkyl or cyclic N) is 1. The van der Waals surface area contributed by atoms with Gasteiger partial charge in [-0.3, -0.25) is 4.90 Å². The van der Waals surface area contributed by atoms with Crippen LogP contribution in [-0.4, -0.2) is 35.2 Å². The van der Waals surface area contributed by atoms with Crippen LogP contribution in [0.2, 0.25) is 0 Å². The van der Waals surface area contributed by atoms with Gasteiger partial charge in [0.25, 0.3) is 0 Å². The van der Waals surface area contributed by atoms with Crippen LogP contribution in [0.4, 0.5) is 0 Å². The fraction of sp³-hybridized carbons (Fsp3) is 0.625. The Hall–Kier alpha value is -0.860. The van der Waals surface area contributed by atoms with Crippen molar-refractivity contribution in [2.45, 2.75) is 38.7 Å².